The Balaban J connectivity index is 1.76. The van der Waals surface area contributed by atoms with Gasteiger partial charge in [0.15, 0.2) is 5.82 Å². The molecule has 1 N–H and O–H groups in total. The summed E-state index contributed by atoms with van der Waals surface area (Å²) in [6.07, 6.45) is 4.39. The van der Waals surface area contributed by atoms with Crippen LogP contribution in [-0.4, -0.2) is 41.7 Å². The average Bonchev–Trinajstić information content (AvgIpc) is 3.31. The average molecular weight is 476 g/mol. The first-order chi connectivity index (χ1) is 16.8. The number of pyridine rings is 2. The highest BCUT2D eigenvalue weighted by molar-refractivity contribution is 5.80. The minimum atomic E-state index is -0.275. The lowest BCUT2D eigenvalue weighted by Crippen LogP contribution is -2.35. The van der Waals surface area contributed by atoms with Gasteiger partial charge < -0.3 is 9.72 Å². The Labute approximate surface area is 205 Å². The molecule has 0 spiro atoms. The standard InChI is InChI=1S/C26H33N7O2/c1-6-23(24-29-30-31-33(24)26(3,4)5)32(16-18-9-8-12-27-15-18)17-20-13-19-14-21(35-7-2)10-11-22(19)28-25(20)34/h8-15,23H,6-7,16-17H2,1-5H3,(H,28,34)/t23-/m1/s1. The second kappa shape index (κ2) is 10.4. The van der Waals surface area contributed by atoms with Crippen molar-refractivity contribution in [1.29, 1.82) is 0 Å². The molecule has 35 heavy (non-hydrogen) atoms. The first kappa shape index (κ1) is 24.5. The fourth-order valence-corrected chi connectivity index (χ4v) is 4.31. The lowest BCUT2D eigenvalue weighted by molar-refractivity contribution is 0.153. The van der Waals surface area contributed by atoms with E-state index in [1.807, 2.05) is 54.2 Å². The molecule has 1 aromatic carbocycles. The van der Waals surface area contributed by atoms with Crippen molar-refractivity contribution in [3.8, 4) is 5.75 Å². The minimum absolute atomic E-state index is 0.103. The lowest BCUT2D eigenvalue weighted by Gasteiger charge is -2.32. The minimum Gasteiger partial charge on any atom is -0.494 e. The van der Waals surface area contributed by atoms with Gasteiger partial charge in [0.2, 0.25) is 0 Å². The smallest absolute Gasteiger partial charge is 0.252 e. The Morgan fingerprint density at radius 2 is 1.97 bits per heavy atom. The summed E-state index contributed by atoms with van der Waals surface area (Å²) in [5.41, 5.74) is 2.12. The monoisotopic (exact) mass is 475 g/mol. The maximum atomic E-state index is 13.1. The number of nitrogens with one attached hydrogen (secondary N) is 1. The molecule has 0 aliphatic carbocycles. The first-order valence-electron chi connectivity index (χ1n) is 12.0. The van der Waals surface area contributed by atoms with E-state index in [1.54, 1.807) is 6.20 Å². The highest BCUT2D eigenvalue weighted by Gasteiger charge is 2.29. The van der Waals surface area contributed by atoms with Gasteiger partial charge in [0, 0.05) is 41.9 Å². The number of hydrogen-bond acceptors (Lipinski definition) is 7. The van der Waals surface area contributed by atoms with Crippen molar-refractivity contribution in [2.24, 2.45) is 0 Å². The molecule has 3 heterocycles. The van der Waals surface area contributed by atoms with E-state index in [9.17, 15) is 4.79 Å². The van der Waals surface area contributed by atoms with Crippen LogP contribution in [0.15, 0.2) is 53.6 Å². The molecule has 0 aliphatic rings. The third-order valence-corrected chi connectivity index (χ3v) is 5.94. The maximum absolute atomic E-state index is 13.1. The third-order valence-electron chi connectivity index (χ3n) is 5.94. The van der Waals surface area contributed by atoms with E-state index in [1.165, 1.54) is 0 Å². The number of H-pyrrole nitrogens is 1. The van der Waals surface area contributed by atoms with Gasteiger partial charge in [-0.15, -0.1) is 5.10 Å². The number of hydrogen-bond donors (Lipinski definition) is 1. The Morgan fingerprint density at radius 1 is 1.14 bits per heavy atom. The fraction of sp³-hybridized carbons (Fsp3) is 0.423. The number of aromatic nitrogens is 6. The molecular formula is C26H33N7O2. The van der Waals surface area contributed by atoms with Gasteiger partial charge in [-0.2, -0.15) is 0 Å². The molecule has 4 aromatic rings. The zero-order valence-electron chi connectivity index (χ0n) is 21.0. The fourth-order valence-electron chi connectivity index (χ4n) is 4.31. The molecule has 4 rings (SSSR count). The van der Waals surface area contributed by atoms with Gasteiger partial charge in [-0.05, 0) is 80.4 Å². The summed E-state index contributed by atoms with van der Waals surface area (Å²) >= 11 is 0. The van der Waals surface area contributed by atoms with Crippen LogP contribution in [0.2, 0.25) is 0 Å². The van der Waals surface area contributed by atoms with E-state index < -0.39 is 0 Å². The summed E-state index contributed by atoms with van der Waals surface area (Å²) in [4.78, 5) is 22.6. The van der Waals surface area contributed by atoms with E-state index in [2.05, 4.69) is 58.1 Å². The molecule has 9 heteroatoms. The maximum Gasteiger partial charge on any atom is 0.252 e. The molecule has 0 saturated carbocycles. The van der Waals surface area contributed by atoms with Crippen molar-refractivity contribution in [1.82, 2.24) is 35.1 Å². The third kappa shape index (κ3) is 5.57. The molecule has 0 saturated heterocycles. The lowest BCUT2D eigenvalue weighted by atomic mass is 10.1. The van der Waals surface area contributed by atoms with Crippen LogP contribution in [0.1, 0.15) is 64.0 Å². The van der Waals surface area contributed by atoms with E-state index in [-0.39, 0.29) is 17.1 Å². The van der Waals surface area contributed by atoms with Crippen LogP contribution in [0.3, 0.4) is 0 Å². The van der Waals surface area contributed by atoms with Crippen LogP contribution >= 0.6 is 0 Å². The largest absolute Gasteiger partial charge is 0.494 e. The van der Waals surface area contributed by atoms with Crippen LogP contribution in [0.5, 0.6) is 5.75 Å². The summed E-state index contributed by atoms with van der Waals surface area (Å²) in [6.45, 7) is 11.9. The summed E-state index contributed by atoms with van der Waals surface area (Å²) < 4.78 is 7.53. The van der Waals surface area contributed by atoms with Crippen molar-refractivity contribution in [2.75, 3.05) is 6.61 Å². The van der Waals surface area contributed by atoms with Gasteiger partial charge in [0.1, 0.15) is 5.75 Å². The predicted octanol–water partition coefficient (Wildman–Crippen LogP) is 4.22. The quantitative estimate of drug-likeness (QED) is 0.387. The van der Waals surface area contributed by atoms with Gasteiger partial charge in [-0.1, -0.05) is 13.0 Å². The second-order valence-corrected chi connectivity index (χ2v) is 9.62. The molecule has 0 fully saturated rings. The normalized spacial score (nSPS) is 12.9. The Morgan fingerprint density at radius 3 is 2.66 bits per heavy atom. The zero-order chi connectivity index (χ0) is 25.0. The summed E-state index contributed by atoms with van der Waals surface area (Å²) in [5.74, 6) is 1.56. The van der Waals surface area contributed by atoms with Gasteiger partial charge >= 0.3 is 0 Å². The molecule has 0 radical (unpaired) electrons. The number of ether oxygens (including phenoxy) is 1. The zero-order valence-corrected chi connectivity index (χ0v) is 21.0. The Kier molecular flexibility index (Phi) is 7.25. The van der Waals surface area contributed by atoms with Crippen molar-refractivity contribution in [3.05, 3.63) is 76.1 Å². The van der Waals surface area contributed by atoms with Gasteiger partial charge in [0.25, 0.3) is 5.56 Å². The number of fused-ring (bicyclic) bond motifs is 1. The van der Waals surface area contributed by atoms with E-state index >= 15 is 0 Å². The van der Waals surface area contributed by atoms with Crippen molar-refractivity contribution >= 4 is 10.9 Å². The van der Waals surface area contributed by atoms with Crippen molar-refractivity contribution < 1.29 is 4.74 Å². The van der Waals surface area contributed by atoms with Crippen LogP contribution in [0.4, 0.5) is 0 Å². The molecule has 0 bridgehead atoms. The molecule has 0 aliphatic heterocycles. The Bertz CT molecular complexity index is 1330. The SMILES string of the molecule is CCOc1ccc2[nH]c(=O)c(CN(Cc3cccnc3)[C@H](CC)c3nnnn3C(C)(C)C)cc2c1. The Hall–Kier alpha value is -3.59. The van der Waals surface area contributed by atoms with Gasteiger partial charge in [0.05, 0.1) is 18.2 Å². The summed E-state index contributed by atoms with van der Waals surface area (Å²) in [7, 11) is 0. The number of aromatic amines is 1. The number of rotatable bonds is 9. The van der Waals surface area contributed by atoms with Crippen molar-refractivity contribution in [3.63, 3.8) is 0 Å². The van der Waals surface area contributed by atoms with E-state index in [0.717, 1.165) is 34.5 Å². The molecule has 184 valence electrons. The number of tetrazole rings is 1. The predicted molar refractivity (Wildman–Crippen MR) is 135 cm³/mol. The van der Waals surface area contributed by atoms with Crippen molar-refractivity contribution in [2.45, 2.75) is 65.7 Å². The highest BCUT2D eigenvalue weighted by atomic mass is 16.5. The van der Waals surface area contributed by atoms with Gasteiger partial charge in [-0.25, -0.2) is 4.68 Å². The van der Waals surface area contributed by atoms with Crippen LogP contribution in [0.25, 0.3) is 10.9 Å². The summed E-state index contributed by atoms with van der Waals surface area (Å²) in [5, 5.41) is 13.6. The molecule has 0 amide bonds. The molecule has 9 nitrogen and oxygen atoms in total. The molecule has 3 aromatic heterocycles. The number of nitrogens with zero attached hydrogens (tertiary/aromatic N) is 6. The second-order valence-electron chi connectivity index (χ2n) is 9.62. The van der Waals surface area contributed by atoms with Crippen LogP contribution in [0, 0.1) is 0 Å². The summed E-state index contributed by atoms with van der Waals surface area (Å²) in [6, 6.07) is 11.5. The topological polar surface area (TPSA) is 102 Å². The van der Waals surface area contributed by atoms with E-state index in [4.69, 9.17) is 4.74 Å². The van der Waals surface area contributed by atoms with Crippen LogP contribution in [-0.2, 0) is 18.6 Å². The van der Waals surface area contributed by atoms with Crippen LogP contribution < -0.4 is 10.3 Å². The molecular weight excluding hydrogens is 442 g/mol. The highest BCUT2D eigenvalue weighted by Crippen LogP contribution is 2.29. The number of benzene rings is 1. The van der Waals surface area contributed by atoms with Gasteiger partial charge in [-0.3, -0.25) is 14.7 Å². The molecule has 1 atom stereocenters. The van der Waals surface area contributed by atoms with E-state index in [0.29, 0.717) is 25.3 Å². The first-order valence-corrected chi connectivity index (χ1v) is 12.0. The molecule has 0 unspecified atom stereocenters.